The molecule has 1 amide bonds. The number of nitrogens with zero attached hydrogens (tertiary/aromatic N) is 3. The summed E-state index contributed by atoms with van der Waals surface area (Å²) in [5, 5.41) is 4.81. The second-order valence-corrected chi connectivity index (χ2v) is 7.49. The quantitative estimate of drug-likeness (QED) is 0.601. The molecule has 1 saturated heterocycles. The van der Waals surface area contributed by atoms with E-state index in [0.717, 1.165) is 55.6 Å². The number of morpholine rings is 1. The average Bonchev–Trinajstić information content (AvgIpc) is 3.20. The number of amides is 1. The Kier molecular flexibility index (Phi) is 6.21. The molecule has 0 atom stereocenters. The largest absolute Gasteiger partial charge is 0.441 e. The number of aromatic nitrogens is 2. The summed E-state index contributed by atoms with van der Waals surface area (Å²) in [7, 11) is 0. The molecule has 1 aromatic carbocycles. The number of hydrogen-bond donors (Lipinski definition) is 1. The van der Waals surface area contributed by atoms with E-state index in [1.807, 2.05) is 31.2 Å². The van der Waals surface area contributed by atoms with Gasteiger partial charge < -0.3 is 14.5 Å². The van der Waals surface area contributed by atoms with Crippen molar-refractivity contribution >= 4 is 22.5 Å². The lowest BCUT2D eigenvalue weighted by atomic mass is 10.1. The van der Waals surface area contributed by atoms with E-state index in [1.54, 1.807) is 12.4 Å². The second kappa shape index (κ2) is 9.19. The fourth-order valence-corrected chi connectivity index (χ4v) is 3.52. The van der Waals surface area contributed by atoms with E-state index >= 15 is 0 Å². The Labute approximate surface area is 175 Å². The third kappa shape index (κ3) is 4.93. The number of fused-ring (bicyclic) bond motifs is 1. The summed E-state index contributed by atoms with van der Waals surface area (Å²) >= 11 is 0. The van der Waals surface area contributed by atoms with Crippen molar-refractivity contribution < 1.29 is 13.9 Å². The lowest BCUT2D eigenvalue weighted by Crippen LogP contribution is -2.36. The van der Waals surface area contributed by atoms with Crippen LogP contribution in [0.3, 0.4) is 0 Å². The standard InChI is InChI=1S/C23H26N4O3/c1-16(4-3-7-27-8-10-29-11-9-27)23(28)26-22-13-20-12-18(5-6-19(20)14-25-22)21-15-24-17(2)30-21/h5-6,12-15H,1,3-4,7-11H2,2H3,(H,25,26,28). The van der Waals surface area contributed by atoms with Crippen LogP contribution in [0, 0.1) is 6.92 Å². The van der Waals surface area contributed by atoms with E-state index in [2.05, 4.69) is 26.8 Å². The number of pyridine rings is 1. The van der Waals surface area contributed by atoms with Gasteiger partial charge >= 0.3 is 0 Å². The normalized spacial score (nSPS) is 14.7. The van der Waals surface area contributed by atoms with Crippen LogP contribution in [0.5, 0.6) is 0 Å². The molecule has 7 heteroatoms. The number of carbonyl (C=O) groups excluding carboxylic acids is 1. The highest BCUT2D eigenvalue weighted by molar-refractivity contribution is 6.03. The SMILES string of the molecule is C=C(CCCN1CCOCC1)C(=O)Nc1cc2cc(-c3cnc(C)o3)ccc2cn1. The van der Waals surface area contributed by atoms with Gasteiger partial charge in [0.1, 0.15) is 5.82 Å². The molecule has 1 N–H and O–H groups in total. The van der Waals surface area contributed by atoms with Crippen molar-refractivity contribution in [2.24, 2.45) is 0 Å². The first-order chi connectivity index (χ1) is 14.6. The zero-order valence-electron chi connectivity index (χ0n) is 17.2. The monoisotopic (exact) mass is 406 g/mol. The second-order valence-electron chi connectivity index (χ2n) is 7.49. The van der Waals surface area contributed by atoms with Crippen LogP contribution in [0.25, 0.3) is 22.1 Å². The Morgan fingerprint density at radius 2 is 2.00 bits per heavy atom. The van der Waals surface area contributed by atoms with Crippen molar-refractivity contribution in [1.29, 1.82) is 0 Å². The van der Waals surface area contributed by atoms with Gasteiger partial charge in [0, 0.05) is 42.7 Å². The molecule has 1 aliphatic heterocycles. The Hall–Kier alpha value is -3.03. The fraction of sp³-hybridized carbons (Fsp3) is 0.348. The molecule has 0 unspecified atom stereocenters. The fourth-order valence-electron chi connectivity index (χ4n) is 3.52. The molecule has 3 aromatic rings. The molecule has 0 aliphatic carbocycles. The molecular weight excluding hydrogens is 380 g/mol. The number of ether oxygens (including phenoxy) is 1. The van der Waals surface area contributed by atoms with Crippen molar-refractivity contribution in [3.05, 3.63) is 54.7 Å². The summed E-state index contributed by atoms with van der Waals surface area (Å²) in [6, 6.07) is 7.81. The predicted molar refractivity (Wildman–Crippen MR) is 116 cm³/mol. The maximum absolute atomic E-state index is 12.5. The van der Waals surface area contributed by atoms with Crippen LogP contribution in [0.4, 0.5) is 5.82 Å². The highest BCUT2D eigenvalue weighted by Crippen LogP contribution is 2.26. The van der Waals surface area contributed by atoms with E-state index in [4.69, 9.17) is 9.15 Å². The smallest absolute Gasteiger partial charge is 0.252 e. The van der Waals surface area contributed by atoms with Crippen LogP contribution in [-0.4, -0.2) is 53.6 Å². The third-order valence-electron chi connectivity index (χ3n) is 5.25. The molecule has 0 saturated carbocycles. The summed E-state index contributed by atoms with van der Waals surface area (Å²) < 4.78 is 11.0. The summed E-state index contributed by atoms with van der Waals surface area (Å²) in [4.78, 5) is 23.4. The van der Waals surface area contributed by atoms with Crippen LogP contribution >= 0.6 is 0 Å². The Morgan fingerprint density at radius 3 is 2.77 bits per heavy atom. The molecule has 3 heterocycles. The third-order valence-corrected chi connectivity index (χ3v) is 5.25. The summed E-state index contributed by atoms with van der Waals surface area (Å²) in [5.41, 5.74) is 1.50. The van der Waals surface area contributed by atoms with Crippen LogP contribution in [0.15, 0.2) is 53.2 Å². The van der Waals surface area contributed by atoms with Gasteiger partial charge in [-0.3, -0.25) is 9.69 Å². The minimum Gasteiger partial charge on any atom is -0.441 e. The van der Waals surface area contributed by atoms with Crippen molar-refractivity contribution in [2.75, 3.05) is 38.2 Å². The van der Waals surface area contributed by atoms with E-state index in [1.165, 1.54) is 0 Å². The lowest BCUT2D eigenvalue weighted by molar-refractivity contribution is -0.113. The van der Waals surface area contributed by atoms with Gasteiger partial charge in [-0.05, 0) is 36.9 Å². The highest BCUT2D eigenvalue weighted by Gasteiger charge is 2.13. The predicted octanol–water partition coefficient (Wildman–Crippen LogP) is 3.81. The molecule has 1 aliphatic rings. The van der Waals surface area contributed by atoms with Gasteiger partial charge in [0.25, 0.3) is 5.91 Å². The van der Waals surface area contributed by atoms with Gasteiger partial charge in [-0.15, -0.1) is 0 Å². The zero-order chi connectivity index (χ0) is 20.9. The minimum absolute atomic E-state index is 0.189. The molecule has 0 radical (unpaired) electrons. The number of benzene rings is 1. The molecular formula is C23H26N4O3. The van der Waals surface area contributed by atoms with Crippen molar-refractivity contribution in [3.8, 4) is 11.3 Å². The first kappa shape index (κ1) is 20.3. The van der Waals surface area contributed by atoms with Gasteiger partial charge in [-0.25, -0.2) is 9.97 Å². The number of anilines is 1. The van der Waals surface area contributed by atoms with Crippen LogP contribution in [-0.2, 0) is 9.53 Å². The van der Waals surface area contributed by atoms with E-state index in [0.29, 0.717) is 29.5 Å². The van der Waals surface area contributed by atoms with Gasteiger partial charge in [0.15, 0.2) is 11.7 Å². The number of oxazole rings is 1. The van der Waals surface area contributed by atoms with Gasteiger partial charge in [-0.1, -0.05) is 18.7 Å². The molecule has 0 bridgehead atoms. The molecule has 1 fully saturated rings. The number of carbonyl (C=O) groups is 1. The van der Waals surface area contributed by atoms with E-state index in [-0.39, 0.29) is 5.91 Å². The highest BCUT2D eigenvalue weighted by atomic mass is 16.5. The molecule has 7 nitrogen and oxygen atoms in total. The van der Waals surface area contributed by atoms with Crippen LogP contribution in [0.2, 0.25) is 0 Å². The Morgan fingerprint density at radius 1 is 1.17 bits per heavy atom. The van der Waals surface area contributed by atoms with E-state index in [9.17, 15) is 4.79 Å². The number of aryl methyl sites for hydroxylation is 1. The maximum atomic E-state index is 12.5. The van der Waals surface area contributed by atoms with Crippen molar-refractivity contribution in [1.82, 2.24) is 14.9 Å². The number of nitrogens with one attached hydrogen (secondary N) is 1. The van der Waals surface area contributed by atoms with Crippen LogP contribution < -0.4 is 5.32 Å². The van der Waals surface area contributed by atoms with Crippen LogP contribution in [0.1, 0.15) is 18.7 Å². The molecule has 30 heavy (non-hydrogen) atoms. The molecule has 156 valence electrons. The molecule has 2 aromatic heterocycles. The van der Waals surface area contributed by atoms with Gasteiger partial charge in [0.2, 0.25) is 0 Å². The first-order valence-corrected chi connectivity index (χ1v) is 10.2. The maximum Gasteiger partial charge on any atom is 0.252 e. The Bertz CT molecular complexity index is 1050. The summed E-state index contributed by atoms with van der Waals surface area (Å²) in [6.45, 7) is 10.2. The number of rotatable bonds is 7. The lowest BCUT2D eigenvalue weighted by Gasteiger charge is -2.26. The molecule has 4 rings (SSSR count). The first-order valence-electron chi connectivity index (χ1n) is 10.2. The minimum atomic E-state index is -0.189. The zero-order valence-corrected chi connectivity index (χ0v) is 17.2. The van der Waals surface area contributed by atoms with Crippen molar-refractivity contribution in [3.63, 3.8) is 0 Å². The Balaban J connectivity index is 1.37. The number of hydrogen-bond acceptors (Lipinski definition) is 6. The van der Waals surface area contributed by atoms with E-state index < -0.39 is 0 Å². The van der Waals surface area contributed by atoms with Gasteiger partial charge in [0.05, 0.1) is 19.4 Å². The van der Waals surface area contributed by atoms with Crippen molar-refractivity contribution in [2.45, 2.75) is 19.8 Å². The van der Waals surface area contributed by atoms with Gasteiger partial charge in [-0.2, -0.15) is 0 Å². The topological polar surface area (TPSA) is 80.5 Å². The average molecular weight is 406 g/mol. The molecule has 0 spiro atoms. The summed E-state index contributed by atoms with van der Waals surface area (Å²) in [5.74, 6) is 1.66. The summed E-state index contributed by atoms with van der Waals surface area (Å²) in [6.07, 6.45) is 5.02.